The predicted octanol–water partition coefficient (Wildman–Crippen LogP) is 0.498. The minimum absolute atomic E-state index is 0.107. The average Bonchev–Trinajstić information content (AvgIpc) is 2.84. The van der Waals surface area contributed by atoms with Crippen molar-refractivity contribution < 1.29 is 19.2 Å². The van der Waals surface area contributed by atoms with Gasteiger partial charge >= 0.3 is 0 Å². The number of anilines is 1. The number of carbonyl (C=O) groups is 4. The summed E-state index contributed by atoms with van der Waals surface area (Å²) in [5.74, 6) is -1.99. The number of carbonyl (C=O) groups excluding carboxylic acids is 4. The van der Waals surface area contributed by atoms with Gasteiger partial charge in [0.25, 0.3) is 11.8 Å². The third-order valence-electron chi connectivity index (χ3n) is 4.46. The quantitative estimate of drug-likeness (QED) is 0.505. The lowest BCUT2D eigenvalue weighted by molar-refractivity contribution is -0.136. The van der Waals surface area contributed by atoms with Gasteiger partial charge in [-0.2, -0.15) is 0 Å². The number of piperidine rings is 1. The molecule has 0 radical (unpaired) electrons. The van der Waals surface area contributed by atoms with Gasteiger partial charge in [-0.15, -0.1) is 0 Å². The molecule has 2 heterocycles. The highest BCUT2D eigenvalue weighted by Crippen LogP contribution is 2.32. The first-order chi connectivity index (χ1) is 12.4. The zero-order valence-electron chi connectivity index (χ0n) is 14.8. The molecule has 4 amide bonds. The van der Waals surface area contributed by atoms with Crippen LogP contribution in [0.25, 0.3) is 0 Å². The van der Waals surface area contributed by atoms with Crippen LogP contribution in [0.5, 0.6) is 0 Å². The van der Waals surface area contributed by atoms with E-state index in [9.17, 15) is 19.2 Å². The second-order valence-electron chi connectivity index (χ2n) is 6.71. The molecule has 1 atom stereocenters. The van der Waals surface area contributed by atoms with Crippen LogP contribution in [0.4, 0.5) is 5.69 Å². The highest BCUT2D eigenvalue weighted by Gasteiger charge is 2.45. The highest BCUT2D eigenvalue weighted by molar-refractivity contribution is 6.25. The molecule has 0 bridgehead atoms. The molecule has 1 unspecified atom stereocenters. The number of benzene rings is 1. The Hall–Kier alpha value is -2.74. The second-order valence-corrected chi connectivity index (χ2v) is 6.71. The van der Waals surface area contributed by atoms with E-state index in [0.717, 1.165) is 4.90 Å². The molecule has 0 aromatic heterocycles. The summed E-state index contributed by atoms with van der Waals surface area (Å²) in [6, 6.07) is 4.43. The Morgan fingerprint density at radius 3 is 2.62 bits per heavy atom. The van der Waals surface area contributed by atoms with Crippen molar-refractivity contribution in [2.24, 2.45) is 0 Å². The fourth-order valence-electron chi connectivity index (χ4n) is 3.22. The number of rotatable bonds is 6. The first kappa shape index (κ1) is 18.1. The minimum atomic E-state index is -0.949. The first-order valence-electron chi connectivity index (χ1n) is 8.72. The monoisotopic (exact) mass is 358 g/mol. The standard InChI is InChI=1S/C18H22N4O4/c1-10(2)19-8-9-20-12-5-3-4-11-15(12)18(26)22(17(11)25)13-6-7-14(23)21-16(13)24/h3-5,10,13,19-20H,6-9H2,1-2H3,(H,21,23,24). The van der Waals surface area contributed by atoms with E-state index in [1.54, 1.807) is 18.2 Å². The molecule has 138 valence electrons. The summed E-state index contributed by atoms with van der Waals surface area (Å²) in [7, 11) is 0. The molecule has 0 saturated carbocycles. The smallest absolute Gasteiger partial charge is 0.264 e. The zero-order chi connectivity index (χ0) is 18.8. The van der Waals surface area contributed by atoms with Gasteiger partial charge in [0.15, 0.2) is 0 Å². The maximum Gasteiger partial charge on any atom is 0.264 e. The molecule has 2 aliphatic heterocycles. The number of hydrogen-bond acceptors (Lipinski definition) is 6. The van der Waals surface area contributed by atoms with E-state index in [2.05, 4.69) is 16.0 Å². The molecule has 1 saturated heterocycles. The van der Waals surface area contributed by atoms with E-state index in [1.165, 1.54) is 0 Å². The van der Waals surface area contributed by atoms with Crippen molar-refractivity contribution in [3.8, 4) is 0 Å². The van der Waals surface area contributed by atoms with Gasteiger partial charge in [-0.1, -0.05) is 19.9 Å². The van der Waals surface area contributed by atoms with Crippen LogP contribution in [0, 0.1) is 0 Å². The van der Waals surface area contributed by atoms with Crippen LogP contribution < -0.4 is 16.0 Å². The van der Waals surface area contributed by atoms with Crippen molar-refractivity contribution in [3.63, 3.8) is 0 Å². The van der Waals surface area contributed by atoms with Gasteiger partial charge in [-0.05, 0) is 18.6 Å². The van der Waals surface area contributed by atoms with E-state index in [4.69, 9.17) is 0 Å². The zero-order valence-corrected chi connectivity index (χ0v) is 14.8. The molecule has 1 aromatic carbocycles. The molecule has 26 heavy (non-hydrogen) atoms. The van der Waals surface area contributed by atoms with E-state index in [1.807, 2.05) is 13.8 Å². The Labute approximate surface area is 151 Å². The van der Waals surface area contributed by atoms with Crippen molar-refractivity contribution in [2.75, 3.05) is 18.4 Å². The summed E-state index contributed by atoms with van der Waals surface area (Å²) in [6.45, 7) is 5.38. The van der Waals surface area contributed by atoms with Gasteiger partial charge in [0.05, 0.1) is 11.1 Å². The van der Waals surface area contributed by atoms with Crippen molar-refractivity contribution in [3.05, 3.63) is 29.3 Å². The van der Waals surface area contributed by atoms with Crippen molar-refractivity contribution in [2.45, 2.75) is 38.8 Å². The summed E-state index contributed by atoms with van der Waals surface area (Å²) < 4.78 is 0. The van der Waals surface area contributed by atoms with Gasteiger partial charge in [-0.3, -0.25) is 29.4 Å². The summed E-state index contributed by atoms with van der Waals surface area (Å²) in [5, 5.41) is 8.63. The molecule has 8 nitrogen and oxygen atoms in total. The lowest BCUT2D eigenvalue weighted by Crippen LogP contribution is -2.54. The van der Waals surface area contributed by atoms with Gasteiger partial charge < -0.3 is 10.6 Å². The first-order valence-corrected chi connectivity index (χ1v) is 8.72. The van der Waals surface area contributed by atoms with E-state index < -0.39 is 23.8 Å². The van der Waals surface area contributed by atoms with Gasteiger partial charge in [0.1, 0.15) is 6.04 Å². The van der Waals surface area contributed by atoms with Crippen LogP contribution in [0.15, 0.2) is 18.2 Å². The van der Waals surface area contributed by atoms with Crippen molar-refractivity contribution >= 4 is 29.3 Å². The van der Waals surface area contributed by atoms with E-state index in [0.29, 0.717) is 24.8 Å². The third-order valence-corrected chi connectivity index (χ3v) is 4.46. The molecular weight excluding hydrogens is 336 g/mol. The van der Waals surface area contributed by atoms with Gasteiger partial charge in [0, 0.05) is 31.2 Å². The number of fused-ring (bicyclic) bond motifs is 1. The molecular formula is C18H22N4O4. The Morgan fingerprint density at radius 1 is 1.15 bits per heavy atom. The van der Waals surface area contributed by atoms with Crippen LogP contribution in [-0.4, -0.2) is 53.7 Å². The topological polar surface area (TPSA) is 108 Å². The Kier molecular flexibility index (Phi) is 5.03. The van der Waals surface area contributed by atoms with Gasteiger partial charge in [0.2, 0.25) is 11.8 Å². The molecule has 3 rings (SSSR count). The SMILES string of the molecule is CC(C)NCCNc1cccc2c1C(=O)N(C1CCC(=O)NC1=O)C2=O. The maximum atomic E-state index is 12.9. The minimum Gasteiger partial charge on any atom is -0.383 e. The Morgan fingerprint density at radius 2 is 1.92 bits per heavy atom. The lowest BCUT2D eigenvalue weighted by Gasteiger charge is -2.27. The van der Waals surface area contributed by atoms with Crippen LogP contribution in [0.3, 0.4) is 0 Å². The van der Waals surface area contributed by atoms with Crippen molar-refractivity contribution in [1.82, 2.24) is 15.5 Å². The fraction of sp³-hybridized carbons (Fsp3) is 0.444. The predicted molar refractivity (Wildman–Crippen MR) is 94.7 cm³/mol. The van der Waals surface area contributed by atoms with Crippen LogP contribution >= 0.6 is 0 Å². The van der Waals surface area contributed by atoms with Crippen LogP contribution in [0.2, 0.25) is 0 Å². The molecule has 0 spiro atoms. The third kappa shape index (κ3) is 3.32. The van der Waals surface area contributed by atoms with E-state index in [-0.39, 0.29) is 29.9 Å². The van der Waals surface area contributed by atoms with Crippen LogP contribution in [-0.2, 0) is 9.59 Å². The number of amides is 4. The second kappa shape index (κ2) is 7.25. The normalized spacial score (nSPS) is 19.8. The molecule has 3 N–H and O–H groups in total. The lowest BCUT2D eigenvalue weighted by atomic mass is 10.0. The maximum absolute atomic E-state index is 12.9. The Balaban J connectivity index is 1.80. The van der Waals surface area contributed by atoms with Crippen molar-refractivity contribution in [1.29, 1.82) is 0 Å². The highest BCUT2D eigenvalue weighted by atomic mass is 16.2. The molecule has 1 fully saturated rings. The molecule has 1 aromatic rings. The summed E-state index contributed by atoms with van der Waals surface area (Å²) >= 11 is 0. The number of nitrogens with one attached hydrogen (secondary N) is 3. The summed E-state index contributed by atoms with van der Waals surface area (Å²) in [6.07, 6.45) is 0.257. The van der Waals surface area contributed by atoms with Crippen LogP contribution in [0.1, 0.15) is 47.4 Å². The summed E-state index contributed by atoms with van der Waals surface area (Å²) in [4.78, 5) is 50.0. The largest absolute Gasteiger partial charge is 0.383 e. The number of nitrogens with zero attached hydrogens (tertiary/aromatic N) is 1. The van der Waals surface area contributed by atoms with Gasteiger partial charge in [-0.25, -0.2) is 0 Å². The number of hydrogen-bond donors (Lipinski definition) is 3. The van der Waals surface area contributed by atoms with E-state index >= 15 is 0 Å². The average molecular weight is 358 g/mol. The Bertz CT molecular complexity index is 774. The fourth-order valence-corrected chi connectivity index (χ4v) is 3.22. The molecule has 8 heteroatoms. The number of imide groups is 2. The molecule has 2 aliphatic rings. The molecule has 0 aliphatic carbocycles. The summed E-state index contributed by atoms with van der Waals surface area (Å²) in [5.41, 5.74) is 1.13.